The van der Waals surface area contributed by atoms with Crippen LogP contribution < -0.4 is 10.2 Å². The Hall–Kier alpha value is -1.91. The van der Waals surface area contributed by atoms with Gasteiger partial charge in [0.25, 0.3) is 5.91 Å². The van der Waals surface area contributed by atoms with Gasteiger partial charge in [-0.05, 0) is 23.6 Å². The molecule has 25 heavy (non-hydrogen) atoms. The SMILES string of the molecule is CC(C)c1ccc(C[NH+](CC(=O)Nc2cccnc2Cl)C2CC2)cc1. The number of benzene rings is 1. The molecule has 5 heteroatoms. The molecule has 0 spiro atoms. The number of hydrogen-bond donors (Lipinski definition) is 2. The summed E-state index contributed by atoms with van der Waals surface area (Å²) in [5, 5.41) is 3.21. The molecule has 1 fully saturated rings. The van der Waals surface area contributed by atoms with Gasteiger partial charge in [0.1, 0.15) is 6.54 Å². The molecule has 1 heterocycles. The van der Waals surface area contributed by atoms with Gasteiger partial charge >= 0.3 is 0 Å². The van der Waals surface area contributed by atoms with Gasteiger partial charge in [0.15, 0.2) is 11.7 Å². The number of carbonyl (C=O) groups excluding carboxylic acids is 1. The highest BCUT2D eigenvalue weighted by molar-refractivity contribution is 6.32. The molecule has 1 aliphatic rings. The summed E-state index contributed by atoms with van der Waals surface area (Å²) in [5.74, 6) is 0.520. The van der Waals surface area contributed by atoms with Crippen LogP contribution >= 0.6 is 11.6 Å². The third-order valence-electron chi connectivity index (χ3n) is 4.65. The highest BCUT2D eigenvalue weighted by Gasteiger charge is 2.34. The number of quaternary nitrogens is 1. The van der Waals surface area contributed by atoms with Crippen LogP contribution in [0.2, 0.25) is 5.15 Å². The quantitative estimate of drug-likeness (QED) is 0.747. The van der Waals surface area contributed by atoms with Gasteiger partial charge in [-0.2, -0.15) is 0 Å². The van der Waals surface area contributed by atoms with Crippen molar-refractivity contribution in [2.75, 3.05) is 11.9 Å². The number of rotatable bonds is 7. The Bertz CT molecular complexity index is 726. The first-order chi connectivity index (χ1) is 12.0. The Balaban J connectivity index is 1.61. The van der Waals surface area contributed by atoms with E-state index in [-0.39, 0.29) is 5.91 Å². The van der Waals surface area contributed by atoms with Crippen LogP contribution in [0.5, 0.6) is 0 Å². The predicted molar refractivity (Wildman–Crippen MR) is 101 cm³/mol. The van der Waals surface area contributed by atoms with Gasteiger partial charge in [0.2, 0.25) is 0 Å². The molecular weight excluding hydrogens is 334 g/mol. The standard InChI is InChI=1S/C20H24ClN3O/c1-14(2)16-7-5-15(6-8-16)12-24(17-9-10-17)13-19(25)23-18-4-3-11-22-20(18)21/h3-8,11,14,17H,9-10,12-13H2,1-2H3,(H,23,25)/p+1. The van der Waals surface area contributed by atoms with E-state index in [1.165, 1.54) is 28.9 Å². The second-order valence-corrected chi connectivity index (χ2v) is 7.43. The lowest BCUT2D eigenvalue weighted by Gasteiger charge is -2.19. The van der Waals surface area contributed by atoms with Crippen molar-refractivity contribution in [3.8, 4) is 0 Å². The molecule has 1 aromatic heterocycles. The molecule has 1 aromatic carbocycles. The highest BCUT2D eigenvalue weighted by Crippen LogP contribution is 2.18. The first-order valence-electron chi connectivity index (χ1n) is 8.86. The molecule has 1 saturated carbocycles. The van der Waals surface area contributed by atoms with Crippen molar-refractivity contribution in [2.24, 2.45) is 0 Å². The zero-order valence-corrected chi connectivity index (χ0v) is 15.5. The summed E-state index contributed by atoms with van der Waals surface area (Å²) in [5.41, 5.74) is 3.20. The van der Waals surface area contributed by atoms with E-state index < -0.39 is 0 Å². The molecular formula is C20H25ClN3O+. The third-order valence-corrected chi connectivity index (χ3v) is 4.95. The van der Waals surface area contributed by atoms with E-state index in [4.69, 9.17) is 11.6 Å². The summed E-state index contributed by atoms with van der Waals surface area (Å²) in [6.45, 7) is 5.72. The molecule has 3 rings (SSSR count). The van der Waals surface area contributed by atoms with Crippen molar-refractivity contribution >= 4 is 23.2 Å². The largest absolute Gasteiger partial charge is 0.321 e. The number of nitrogens with zero attached hydrogens (tertiary/aromatic N) is 1. The molecule has 1 atom stereocenters. The second kappa shape index (κ2) is 7.98. The summed E-state index contributed by atoms with van der Waals surface area (Å²) in [4.78, 5) is 17.7. The van der Waals surface area contributed by atoms with Crippen molar-refractivity contribution in [2.45, 2.75) is 45.2 Å². The zero-order valence-electron chi connectivity index (χ0n) is 14.8. The van der Waals surface area contributed by atoms with Crippen LogP contribution in [0.1, 0.15) is 43.7 Å². The van der Waals surface area contributed by atoms with Gasteiger partial charge < -0.3 is 10.2 Å². The number of amides is 1. The Kier molecular flexibility index (Phi) is 5.71. The number of aromatic nitrogens is 1. The molecule has 2 N–H and O–H groups in total. The van der Waals surface area contributed by atoms with Crippen LogP contribution in [-0.4, -0.2) is 23.5 Å². The number of pyridine rings is 1. The van der Waals surface area contributed by atoms with Crippen molar-refractivity contribution in [3.05, 3.63) is 58.9 Å². The summed E-state index contributed by atoms with van der Waals surface area (Å²) >= 11 is 6.02. The lowest BCUT2D eigenvalue weighted by Crippen LogP contribution is -3.13. The fourth-order valence-electron chi connectivity index (χ4n) is 3.01. The molecule has 4 nitrogen and oxygen atoms in total. The predicted octanol–water partition coefficient (Wildman–Crippen LogP) is 3.04. The fourth-order valence-corrected chi connectivity index (χ4v) is 3.17. The zero-order chi connectivity index (χ0) is 17.8. The maximum Gasteiger partial charge on any atom is 0.279 e. The minimum Gasteiger partial charge on any atom is -0.321 e. The van der Waals surface area contributed by atoms with E-state index in [2.05, 4.69) is 48.4 Å². The minimum atomic E-state index is -0.0180. The number of anilines is 1. The average molecular weight is 359 g/mol. The number of halogens is 1. The molecule has 0 aliphatic heterocycles. The smallest absolute Gasteiger partial charge is 0.279 e. The van der Waals surface area contributed by atoms with Gasteiger partial charge in [0.05, 0.1) is 11.7 Å². The lowest BCUT2D eigenvalue weighted by molar-refractivity contribution is -0.916. The van der Waals surface area contributed by atoms with Crippen molar-refractivity contribution in [1.29, 1.82) is 0 Å². The molecule has 1 aliphatic carbocycles. The van der Waals surface area contributed by atoms with Gasteiger partial charge in [-0.15, -0.1) is 0 Å². The van der Waals surface area contributed by atoms with Crippen LogP contribution in [0, 0.1) is 0 Å². The van der Waals surface area contributed by atoms with E-state index in [1.807, 2.05) is 0 Å². The van der Waals surface area contributed by atoms with Gasteiger partial charge in [-0.25, -0.2) is 4.98 Å². The van der Waals surface area contributed by atoms with Gasteiger partial charge in [-0.1, -0.05) is 49.7 Å². The lowest BCUT2D eigenvalue weighted by atomic mass is 10.0. The normalized spacial score (nSPS) is 15.2. The minimum absolute atomic E-state index is 0.0180. The summed E-state index contributed by atoms with van der Waals surface area (Å²) < 4.78 is 0. The number of carbonyl (C=O) groups is 1. The average Bonchev–Trinajstić information content (AvgIpc) is 3.42. The summed E-state index contributed by atoms with van der Waals surface area (Å²) in [6.07, 6.45) is 4.00. The molecule has 1 unspecified atom stereocenters. The van der Waals surface area contributed by atoms with Crippen LogP contribution in [0.3, 0.4) is 0 Å². The van der Waals surface area contributed by atoms with Crippen LogP contribution in [0.4, 0.5) is 5.69 Å². The summed E-state index contributed by atoms with van der Waals surface area (Å²) in [7, 11) is 0. The third kappa shape index (κ3) is 5.03. The van der Waals surface area contributed by atoms with E-state index in [1.54, 1.807) is 18.3 Å². The monoisotopic (exact) mass is 358 g/mol. The molecule has 0 saturated heterocycles. The van der Waals surface area contributed by atoms with E-state index in [9.17, 15) is 4.79 Å². The Labute approximate surface area is 154 Å². The molecule has 132 valence electrons. The van der Waals surface area contributed by atoms with E-state index in [0.29, 0.717) is 29.3 Å². The maximum absolute atomic E-state index is 12.4. The first-order valence-corrected chi connectivity index (χ1v) is 9.24. The number of hydrogen-bond acceptors (Lipinski definition) is 2. The topological polar surface area (TPSA) is 46.4 Å². The highest BCUT2D eigenvalue weighted by atomic mass is 35.5. The maximum atomic E-state index is 12.4. The molecule has 0 bridgehead atoms. The Morgan fingerprint density at radius 1 is 1.28 bits per heavy atom. The van der Waals surface area contributed by atoms with E-state index in [0.717, 1.165) is 6.54 Å². The van der Waals surface area contributed by atoms with Crippen molar-refractivity contribution in [3.63, 3.8) is 0 Å². The Morgan fingerprint density at radius 2 is 2.00 bits per heavy atom. The summed E-state index contributed by atoms with van der Waals surface area (Å²) in [6, 6.07) is 12.9. The second-order valence-electron chi connectivity index (χ2n) is 7.07. The van der Waals surface area contributed by atoms with Gasteiger partial charge in [0, 0.05) is 24.6 Å². The molecule has 0 radical (unpaired) electrons. The van der Waals surface area contributed by atoms with E-state index >= 15 is 0 Å². The number of nitrogens with one attached hydrogen (secondary N) is 2. The van der Waals surface area contributed by atoms with Gasteiger partial charge in [-0.3, -0.25) is 4.79 Å². The first kappa shape index (κ1) is 17.9. The van der Waals surface area contributed by atoms with Crippen LogP contribution in [0.15, 0.2) is 42.6 Å². The van der Waals surface area contributed by atoms with Crippen LogP contribution in [0.25, 0.3) is 0 Å². The fraction of sp³-hybridized carbons (Fsp3) is 0.400. The molecule has 1 amide bonds. The Morgan fingerprint density at radius 3 is 2.60 bits per heavy atom. The van der Waals surface area contributed by atoms with Crippen LogP contribution in [-0.2, 0) is 11.3 Å². The van der Waals surface area contributed by atoms with Crippen molar-refractivity contribution < 1.29 is 9.69 Å². The molecule has 2 aromatic rings. The van der Waals surface area contributed by atoms with Crippen molar-refractivity contribution in [1.82, 2.24) is 4.98 Å².